The molecule has 5 heteroatoms. The standard InChI is InChI=1S/C21H26N2O2S/c1-21(2,3)13-7-10-15-16(11-13)26-20-17(15)19(24)22-18(23-20)12-5-8-14(25-4)9-6-12/h5-6,8-9,13,18,23H,7,10-11H2,1-4H3,(H,22,24)/t13-,18-/m1/s1. The first-order valence-electron chi connectivity index (χ1n) is 9.22. The average Bonchev–Trinajstić information content (AvgIpc) is 2.99. The fraction of sp³-hybridized carbons (Fsp3) is 0.476. The fourth-order valence-corrected chi connectivity index (χ4v) is 5.35. The van der Waals surface area contributed by atoms with E-state index in [1.807, 2.05) is 24.3 Å². The summed E-state index contributed by atoms with van der Waals surface area (Å²) in [5.41, 5.74) is 3.48. The number of hydrogen-bond donors (Lipinski definition) is 2. The molecule has 2 heterocycles. The molecule has 4 nitrogen and oxygen atoms in total. The third-order valence-electron chi connectivity index (χ3n) is 5.72. The van der Waals surface area contributed by atoms with Crippen LogP contribution >= 0.6 is 11.3 Å². The van der Waals surface area contributed by atoms with Gasteiger partial charge in [-0.3, -0.25) is 4.79 Å². The number of anilines is 1. The average molecular weight is 371 g/mol. The first-order chi connectivity index (χ1) is 12.4. The lowest BCUT2D eigenvalue weighted by atomic mass is 9.72. The van der Waals surface area contributed by atoms with Crippen LogP contribution in [-0.2, 0) is 12.8 Å². The van der Waals surface area contributed by atoms with E-state index in [0.717, 1.165) is 41.1 Å². The van der Waals surface area contributed by atoms with E-state index >= 15 is 0 Å². The Kier molecular flexibility index (Phi) is 4.22. The minimum Gasteiger partial charge on any atom is -0.497 e. The third-order valence-corrected chi connectivity index (χ3v) is 6.90. The van der Waals surface area contributed by atoms with Crippen molar-refractivity contribution in [3.63, 3.8) is 0 Å². The predicted molar refractivity (Wildman–Crippen MR) is 106 cm³/mol. The molecule has 0 unspecified atom stereocenters. The number of rotatable bonds is 2. The van der Waals surface area contributed by atoms with Gasteiger partial charge in [-0.2, -0.15) is 0 Å². The van der Waals surface area contributed by atoms with Gasteiger partial charge in [0.05, 0.1) is 12.7 Å². The minimum absolute atomic E-state index is 0.0475. The van der Waals surface area contributed by atoms with E-state index in [1.54, 1.807) is 18.4 Å². The van der Waals surface area contributed by atoms with Gasteiger partial charge < -0.3 is 15.4 Å². The first-order valence-corrected chi connectivity index (χ1v) is 10.0. The van der Waals surface area contributed by atoms with E-state index in [9.17, 15) is 4.79 Å². The van der Waals surface area contributed by atoms with Crippen LogP contribution in [0.3, 0.4) is 0 Å². The van der Waals surface area contributed by atoms with Crippen molar-refractivity contribution in [1.82, 2.24) is 5.32 Å². The summed E-state index contributed by atoms with van der Waals surface area (Å²) >= 11 is 1.77. The lowest BCUT2D eigenvalue weighted by Crippen LogP contribution is -2.38. The molecule has 2 aromatic rings. The number of ether oxygens (including phenoxy) is 1. The smallest absolute Gasteiger partial charge is 0.256 e. The molecule has 1 aliphatic heterocycles. The van der Waals surface area contributed by atoms with Crippen LogP contribution in [0.25, 0.3) is 0 Å². The van der Waals surface area contributed by atoms with Crippen molar-refractivity contribution >= 4 is 22.2 Å². The Morgan fingerprint density at radius 1 is 1.15 bits per heavy atom. The zero-order valence-electron chi connectivity index (χ0n) is 15.8. The Labute approximate surface area is 159 Å². The minimum atomic E-state index is -0.195. The number of benzene rings is 1. The van der Waals surface area contributed by atoms with Crippen molar-refractivity contribution < 1.29 is 9.53 Å². The van der Waals surface area contributed by atoms with E-state index in [0.29, 0.717) is 11.3 Å². The number of nitrogens with one attached hydrogen (secondary N) is 2. The number of fused-ring (bicyclic) bond motifs is 3. The van der Waals surface area contributed by atoms with Crippen molar-refractivity contribution in [2.24, 2.45) is 11.3 Å². The number of hydrogen-bond acceptors (Lipinski definition) is 4. The highest BCUT2D eigenvalue weighted by atomic mass is 32.1. The highest BCUT2D eigenvalue weighted by Crippen LogP contribution is 2.46. The lowest BCUT2D eigenvalue weighted by molar-refractivity contribution is 0.0935. The van der Waals surface area contributed by atoms with Crippen LogP contribution in [0.5, 0.6) is 5.75 Å². The summed E-state index contributed by atoms with van der Waals surface area (Å²) in [5, 5.41) is 7.68. The Morgan fingerprint density at radius 2 is 1.88 bits per heavy atom. The number of amides is 1. The summed E-state index contributed by atoms with van der Waals surface area (Å²) in [5.74, 6) is 1.54. The molecule has 1 aromatic carbocycles. The van der Waals surface area contributed by atoms with Crippen LogP contribution in [0.1, 0.15) is 59.7 Å². The second-order valence-electron chi connectivity index (χ2n) is 8.34. The summed E-state index contributed by atoms with van der Waals surface area (Å²) < 4.78 is 5.22. The topological polar surface area (TPSA) is 50.4 Å². The van der Waals surface area contributed by atoms with E-state index < -0.39 is 0 Å². The number of thiophene rings is 1. The van der Waals surface area contributed by atoms with Crippen molar-refractivity contribution in [2.45, 2.75) is 46.2 Å². The molecule has 0 saturated carbocycles. The monoisotopic (exact) mass is 370 g/mol. The van der Waals surface area contributed by atoms with Gasteiger partial charge in [0.15, 0.2) is 0 Å². The molecular formula is C21H26N2O2S. The zero-order valence-corrected chi connectivity index (χ0v) is 16.6. The molecule has 26 heavy (non-hydrogen) atoms. The van der Waals surface area contributed by atoms with Gasteiger partial charge in [0.1, 0.15) is 16.9 Å². The summed E-state index contributed by atoms with van der Waals surface area (Å²) in [6, 6.07) is 7.83. The predicted octanol–water partition coefficient (Wildman–Crippen LogP) is 4.76. The maximum Gasteiger partial charge on any atom is 0.256 e. The summed E-state index contributed by atoms with van der Waals surface area (Å²) in [6.45, 7) is 6.96. The second kappa shape index (κ2) is 6.31. The molecule has 0 saturated heterocycles. The van der Waals surface area contributed by atoms with Crippen LogP contribution in [0.15, 0.2) is 24.3 Å². The maximum atomic E-state index is 12.8. The van der Waals surface area contributed by atoms with Crippen molar-refractivity contribution in [1.29, 1.82) is 0 Å². The highest BCUT2D eigenvalue weighted by molar-refractivity contribution is 7.16. The van der Waals surface area contributed by atoms with Crippen LogP contribution in [0.2, 0.25) is 0 Å². The van der Waals surface area contributed by atoms with Crippen LogP contribution in [0.4, 0.5) is 5.00 Å². The third kappa shape index (κ3) is 2.98. The second-order valence-corrected chi connectivity index (χ2v) is 9.44. The molecule has 0 spiro atoms. The number of carbonyl (C=O) groups excluding carboxylic acids is 1. The van der Waals surface area contributed by atoms with Crippen molar-refractivity contribution in [3.05, 3.63) is 45.8 Å². The molecule has 0 fully saturated rings. The zero-order chi connectivity index (χ0) is 18.5. The Hall–Kier alpha value is -2.01. The van der Waals surface area contributed by atoms with Crippen LogP contribution in [-0.4, -0.2) is 13.0 Å². The van der Waals surface area contributed by atoms with Gasteiger partial charge in [-0.15, -0.1) is 11.3 Å². The van der Waals surface area contributed by atoms with Gasteiger partial charge in [-0.05, 0) is 53.9 Å². The highest BCUT2D eigenvalue weighted by Gasteiger charge is 2.36. The molecule has 2 aliphatic rings. The van der Waals surface area contributed by atoms with Gasteiger partial charge in [0, 0.05) is 4.88 Å². The SMILES string of the molecule is COc1ccc([C@@H]2NC(=O)c3c(sc4c3CC[C@@H](C(C)(C)C)C4)N2)cc1. The molecule has 1 aliphatic carbocycles. The summed E-state index contributed by atoms with van der Waals surface area (Å²) in [7, 11) is 1.66. The summed E-state index contributed by atoms with van der Waals surface area (Å²) in [6.07, 6.45) is 3.05. The van der Waals surface area contributed by atoms with Gasteiger partial charge >= 0.3 is 0 Å². The Morgan fingerprint density at radius 3 is 2.54 bits per heavy atom. The van der Waals surface area contributed by atoms with Gasteiger partial charge in [0.2, 0.25) is 0 Å². The fourth-order valence-electron chi connectivity index (χ4n) is 4.00. The van der Waals surface area contributed by atoms with Crippen molar-refractivity contribution in [3.8, 4) is 5.75 Å². The van der Waals surface area contributed by atoms with Gasteiger partial charge in [-0.1, -0.05) is 32.9 Å². The Balaban J connectivity index is 1.62. The van der Waals surface area contributed by atoms with Crippen LogP contribution < -0.4 is 15.4 Å². The normalized spacial score (nSPS) is 22.1. The molecule has 138 valence electrons. The molecule has 4 rings (SSSR count). The lowest BCUT2D eigenvalue weighted by Gasteiger charge is -2.34. The van der Waals surface area contributed by atoms with Crippen LogP contribution in [0, 0.1) is 11.3 Å². The molecule has 0 radical (unpaired) electrons. The van der Waals surface area contributed by atoms with Gasteiger partial charge in [0.25, 0.3) is 5.91 Å². The van der Waals surface area contributed by atoms with E-state index in [-0.39, 0.29) is 12.1 Å². The number of methoxy groups -OCH3 is 1. The molecule has 1 amide bonds. The molecular weight excluding hydrogens is 344 g/mol. The van der Waals surface area contributed by atoms with E-state index in [2.05, 4.69) is 31.4 Å². The van der Waals surface area contributed by atoms with Gasteiger partial charge in [-0.25, -0.2) is 0 Å². The van der Waals surface area contributed by atoms with E-state index in [4.69, 9.17) is 4.74 Å². The maximum absolute atomic E-state index is 12.8. The van der Waals surface area contributed by atoms with E-state index in [1.165, 1.54) is 10.4 Å². The number of carbonyl (C=O) groups is 1. The molecule has 2 atom stereocenters. The summed E-state index contributed by atoms with van der Waals surface area (Å²) in [4.78, 5) is 14.2. The molecule has 2 N–H and O–H groups in total. The quantitative estimate of drug-likeness (QED) is 0.801. The van der Waals surface area contributed by atoms with Crippen molar-refractivity contribution in [2.75, 3.05) is 12.4 Å². The molecule has 0 bridgehead atoms. The first kappa shape index (κ1) is 17.4. The Bertz CT molecular complexity index is 833. The molecule has 1 aromatic heterocycles. The largest absolute Gasteiger partial charge is 0.497 e.